The summed E-state index contributed by atoms with van der Waals surface area (Å²) >= 11 is 6.39. The number of benzene rings is 1. The average Bonchev–Trinajstić information content (AvgIpc) is 2.87. The van der Waals surface area contributed by atoms with Gasteiger partial charge in [0.15, 0.2) is 0 Å². The fourth-order valence-corrected chi connectivity index (χ4v) is 3.45. The van der Waals surface area contributed by atoms with Gasteiger partial charge in [-0.25, -0.2) is 0 Å². The number of halogens is 1. The van der Waals surface area contributed by atoms with Crippen molar-refractivity contribution in [3.8, 4) is 5.75 Å². The Morgan fingerprint density at radius 3 is 2.50 bits per heavy atom. The fraction of sp³-hybridized carbons (Fsp3) is 0.600. The third-order valence-corrected chi connectivity index (χ3v) is 4.63. The van der Waals surface area contributed by atoms with Gasteiger partial charge in [0.05, 0.1) is 7.11 Å². The average molecular weight is 268 g/mol. The second kappa shape index (κ2) is 5.50. The number of hydrogen-bond acceptors (Lipinski definition) is 2. The first kappa shape index (κ1) is 13.7. The first-order chi connectivity index (χ1) is 8.66. The smallest absolute Gasteiger partial charge is 0.123 e. The fourth-order valence-electron chi connectivity index (χ4n) is 3.11. The van der Waals surface area contributed by atoms with Crippen molar-refractivity contribution in [2.24, 2.45) is 5.73 Å². The predicted molar refractivity (Wildman–Crippen MR) is 76.6 cm³/mol. The van der Waals surface area contributed by atoms with E-state index in [9.17, 15) is 0 Å². The lowest BCUT2D eigenvalue weighted by Crippen LogP contribution is -2.32. The topological polar surface area (TPSA) is 35.2 Å². The highest BCUT2D eigenvalue weighted by Crippen LogP contribution is 2.43. The van der Waals surface area contributed by atoms with Gasteiger partial charge in [-0.15, -0.1) is 0 Å². The molecule has 100 valence electrons. The van der Waals surface area contributed by atoms with Crippen LogP contribution in [0.5, 0.6) is 5.75 Å². The summed E-state index contributed by atoms with van der Waals surface area (Å²) in [4.78, 5) is 0. The highest BCUT2D eigenvalue weighted by Gasteiger charge is 2.35. The minimum Gasteiger partial charge on any atom is -0.496 e. The number of hydrogen-bond donors (Lipinski definition) is 1. The molecule has 2 nitrogen and oxygen atoms in total. The molecule has 1 aromatic carbocycles. The number of ether oxygens (including phenoxy) is 1. The van der Waals surface area contributed by atoms with Crippen LogP contribution in [0.1, 0.15) is 43.7 Å². The van der Waals surface area contributed by atoms with Crippen molar-refractivity contribution in [1.82, 2.24) is 0 Å². The van der Waals surface area contributed by atoms with E-state index in [0.29, 0.717) is 6.54 Å². The molecule has 0 aromatic heterocycles. The van der Waals surface area contributed by atoms with Crippen molar-refractivity contribution in [2.75, 3.05) is 13.7 Å². The van der Waals surface area contributed by atoms with Gasteiger partial charge in [-0.2, -0.15) is 0 Å². The molecule has 2 N–H and O–H groups in total. The van der Waals surface area contributed by atoms with Crippen molar-refractivity contribution in [2.45, 2.75) is 44.4 Å². The van der Waals surface area contributed by atoms with Crippen molar-refractivity contribution < 1.29 is 4.74 Å². The van der Waals surface area contributed by atoms with E-state index in [4.69, 9.17) is 22.1 Å². The zero-order valence-corrected chi connectivity index (χ0v) is 12.0. The molecular weight excluding hydrogens is 246 g/mol. The minimum absolute atomic E-state index is 0.114. The van der Waals surface area contributed by atoms with E-state index in [1.165, 1.54) is 18.4 Å². The second-order valence-corrected chi connectivity index (χ2v) is 5.59. The zero-order chi connectivity index (χ0) is 13.2. The van der Waals surface area contributed by atoms with Crippen LogP contribution in [0.25, 0.3) is 0 Å². The zero-order valence-electron chi connectivity index (χ0n) is 11.3. The Hall–Kier alpha value is -0.730. The third-order valence-electron chi connectivity index (χ3n) is 4.29. The first-order valence-corrected chi connectivity index (χ1v) is 7.11. The summed E-state index contributed by atoms with van der Waals surface area (Å²) in [6.07, 6.45) is 5.72. The molecule has 1 aliphatic carbocycles. The van der Waals surface area contributed by atoms with Crippen LogP contribution in [0.15, 0.2) is 12.1 Å². The molecule has 0 unspecified atom stereocenters. The molecule has 1 fully saturated rings. The van der Waals surface area contributed by atoms with E-state index in [1.807, 2.05) is 0 Å². The molecule has 0 saturated heterocycles. The lowest BCUT2D eigenvalue weighted by molar-refractivity contribution is 0.403. The van der Waals surface area contributed by atoms with Gasteiger partial charge in [0.2, 0.25) is 0 Å². The monoisotopic (exact) mass is 267 g/mol. The van der Waals surface area contributed by atoms with Crippen LogP contribution in [-0.4, -0.2) is 13.7 Å². The summed E-state index contributed by atoms with van der Waals surface area (Å²) in [6.45, 7) is 2.79. The largest absolute Gasteiger partial charge is 0.496 e. The number of methoxy groups -OCH3 is 1. The Morgan fingerprint density at radius 1 is 1.33 bits per heavy atom. The maximum Gasteiger partial charge on any atom is 0.123 e. The Labute approximate surface area is 114 Å². The van der Waals surface area contributed by atoms with E-state index in [0.717, 1.165) is 35.6 Å². The lowest BCUT2D eigenvalue weighted by atomic mass is 9.78. The molecule has 0 radical (unpaired) electrons. The maximum atomic E-state index is 6.39. The molecule has 0 spiro atoms. The normalized spacial score (nSPS) is 18.0. The van der Waals surface area contributed by atoms with Gasteiger partial charge in [-0.1, -0.05) is 31.4 Å². The predicted octanol–water partition coefficient (Wildman–Crippen LogP) is 3.68. The van der Waals surface area contributed by atoms with Crippen LogP contribution >= 0.6 is 11.6 Å². The van der Waals surface area contributed by atoms with Gasteiger partial charge < -0.3 is 10.5 Å². The standard InChI is InChI=1S/C15H22ClNO/c1-3-12-13(16)8-11(9-14(12)18-2)15(10-17)6-4-5-7-15/h8-9H,3-7,10,17H2,1-2H3. The van der Waals surface area contributed by atoms with Gasteiger partial charge >= 0.3 is 0 Å². The highest BCUT2D eigenvalue weighted by atomic mass is 35.5. The first-order valence-electron chi connectivity index (χ1n) is 6.74. The molecule has 0 amide bonds. The molecule has 0 heterocycles. The van der Waals surface area contributed by atoms with Crippen molar-refractivity contribution >= 4 is 11.6 Å². The molecule has 0 bridgehead atoms. The molecular formula is C15H22ClNO. The summed E-state index contributed by atoms with van der Waals surface area (Å²) in [5.74, 6) is 0.903. The van der Waals surface area contributed by atoms with Crippen LogP contribution in [-0.2, 0) is 11.8 Å². The van der Waals surface area contributed by atoms with Gasteiger partial charge in [-0.05, 0) is 37.0 Å². The van der Waals surface area contributed by atoms with Crippen molar-refractivity contribution in [3.05, 3.63) is 28.3 Å². The van der Waals surface area contributed by atoms with Gasteiger partial charge in [0.1, 0.15) is 5.75 Å². The Morgan fingerprint density at radius 2 is 2.00 bits per heavy atom. The Balaban J connectivity index is 2.48. The third kappa shape index (κ3) is 2.24. The maximum absolute atomic E-state index is 6.39. The lowest BCUT2D eigenvalue weighted by Gasteiger charge is -2.29. The molecule has 1 aliphatic rings. The summed E-state index contributed by atoms with van der Waals surface area (Å²) < 4.78 is 5.48. The van der Waals surface area contributed by atoms with E-state index >= 15 is 0 Å². The van der Waals surface area contributed by atoms with Gasteiger partial charge in [0, 0.05) is 22.5 Å². The minimum atomic E-state index is 0.114. The van der Waals surface area contributed by atoms with Crippen LogP contribution in [0.3, 0.4) is 0 Å². The number of nitrogens with two attached hydrogens (primary N) is 1. The van der Waals surface area contributed by atoms with Crippen LogP contribution in [0.4, 0.5) is 0 Å². The van der Waals surface area contributed by atoms with Crippen LogP contribution in [0.2, 0.25) is 5.02 Å². The quantitative estimate of drug-likeness (QED) is 0.903. The summed E-state index contributed by atoms with van der Waals surface area (Å²) in [7, 11) is 1.71. The summed E-state index contributed by atoms with van der Waals surface area (Å²) in [5, 5.41) is 0.812. The van der Waals surface area contributed by atoms with Crippen LogP contribution in [0, 0.1) is 0 Å². The van der Waals surface area contributed by atoms with E-state index in [2.05, 4.69) is 19.1 Å². The molecule has 3 heteroatoms. The molecule has 1 saturated carbocycles. The van der Waals surface area contributed by atoms with Crippen molar-refractivity contribution in [3.63, 3.8) is 0 Å². The molecule has 0 aliphatic heterocycles. The highest BCUT2D eigenvalue weighted by molar-refractivity contribution is 6.31. The molecule has 1 aromatic rings. The van der Waals surface area contributed by atoms with Crippen molar-refractivity contribution in [1.29, 1.82) is 0 Å². The van der Waals surface area contributed by atoms with Crippen LogP contribution < -0.4 is 10.5 Å². The Bertz CT molecular complexity index is 425. The van der Waals surface area contributed by atoms with Gasteiger partial charge in [0.25, 0.3) is 0 Å². The molecule has 0 atom stereocenters. The number of rotatable bonds is 4. The summed E-state index contributed by atoms with van der Waals surface area (Å²) in [5.41, 5.74) is 8.49. The SMILES string of the molecule is CCc1c(Cl)cc(C2(CN)CCCC2)cc1OC. The van der Waals surface area contributed by atoms with E-state index in [1.54, 1.807) is 7.11 Å². The summed E-state index contributed by atoms with van der Waals surface area (Å²) in [6, 6.07) is 4.24. The Kier molecular flexibility index (Phi) is 4.18. The molecule has 2 rings (SSSR count). The van der Waals surface area contributed by atoms with E-state index in [-0.39, 0.29) is 5.41 Å². The van der Waals surface area contributed by atoms with Gasteiger partial charge in [-0.3, -0.25) is 0 Å². The second-order valence-electron chi connectivity index (χ2n) is 5.18. The van der Waals surface area contributed by atoms with E-state index < -0.39 is 0 Å². The molecule has 18 heavy (non-hydrogen) atoms.